The number of ketones is 1. The number of aliphatic imine (C=N–C) groups is 2. The van der Waals surface area contributed by atoms with Crippen LogP contribution in [0.1, 0.15) is 40.2 Å². The number of hydrogen-bond acceptors (Lipinski definition) is 3. The fourth-order valence-electron chi connectivity index (χ4n) is 3.17. The SMILES string of the molecule is NC(=NC(=Nc1ccccc1)c1ccc2c(n1)CCCC2=O)c1ccccc1. The highest BCUT2D eigenvalue weighted by atomic mass is 16.1. The molecule has 3 aromatic rings. The highest BCUT2D eigenvalue weighted by molar-refractivity contribution is 6.11. The van der Waals surface area contributed by atoms with E-state index in [9.17, 15) is 4.79 Å². The van der Waals surface area contributed by atoms with Gasteiger partial charge < -0.3 is 5.73 Å². The number of aryl methyl sites for hydroxylation is 1. The van der Waals surface area contributed by atoms with Gasteiger partial charge in [0.05, 0.1) is 11.4 Å². The second-order valence-electron chi connectivity index (χ2n) is 6.60. The van der Waals surface area contributed by atoms with Crippen LogP contribution in [0.3, 0.4) is 0 Å². The van der Waals surface area contributed by atoms with E-state index in [4.69, 9.17) is 10.7 Å². The molecule has 1 aromatic heterocycles. The Morgan fingerprint density at radius 1 is 0.893 bits per heavy atom. The predicted octanol–water partition coefficient (Wildman–Crippen LogP) is 4.08. The van der Waals surface area contributed by atoms with Gasteiger partial charge in [0.1, 0.15) is 11.5 Å². The Balaban J connectivity index is 1.80. The average molecular weight is 368 g/mol. The first-order chi connectivity index (χ1) is 13.7. The van der Waals surface area contributed by atoms with Gasteiger partial charge in [0.25, 0.3) is 0 Å². The molecular formula is C23H20N4O. The smallest absolute Gasteiger partial charge is 0.180 e. The summed E-state index contributed by atoms with van der Waals surface area (Å²) in [5, 5.41) is 0. The zero-order valence-corrected chi connectivity index (χ0v) is 15.4. The molecule has 0 amide bonds. The normalized spacial score (nSPS) is 14.6. The first-order valence-electron chi connectivity index (χ1n) is 9.27. The van der Waals surface area contributed by atoms with E-state index in [2.05, 4.69) is 9.98 Å². The second-order valence-corrected chi connectivity index (χ2v) is 6.60. The van der Waals surface area contributed by atoms with Crippen molar-refractivity contribution in [1.29, 1.82) is 0 Å². The molecule has 1 heterocycles. The first kappa shape index (κ1) is 17.8. The summed E-state index contributed by atoms with van der Waals surface area (Å²) in [5.74, 6) is 0.938. The zero-order chi connectivity index (χ0) is 19.3. The Labute approximate surface area is 163 Å². The van der Waals surface area contributed by atoms with E-state index in [1.165, 1.54) is 0 Å². The lowest BCUT2D eigenvalue weighted by Gasteiger charge is -2.14. The van der Waals surface area contributed by atoms with Crippen molar-refractivity contribution in [2.45, 2.75) is 19.3 Å². The van der Waals surface area contributed by atoms with Crippen molar-refractivity contribution in [3.05, 3.63) is 95.3 Å². The van der Waals surface area contributed by atoms with Crippen LogP contribution in [0.25, 0.3) is 0 Å². The Bertz CT molecular complexity index is 1060. The summed E-state index contributed by atoms with van der Waals surface area (Å²) >= 11 is 0. The minimum absolute atomic E-state index is 0.147. The highest BCUT2D eigenvalue weighted by Gasteiger charge is 2.19. The van der Waals surface area contributed by atoms with E-state index >= 15 is 0 Å². The van der Waals surface area contributed by atoms with Crippen LogP contribution in [0, 0.1) is 0 Å². The Morgan fingerprint density at radius 3 is 2.36 bits per heavy atom. The van der Waals surface area contributed by atoms with Crippen LogP contribution < -0.4 is 5.73 Å². The molecular weight excluding hydrogens is 348 g/mol. The van der Waals surface area contributed by atoms with Gasteiger partial charge in [0.15, 0.2) is 11.6 Å². The molecule has 138 valence electrons. The molecule has 2 aromatic carbocycles. The molecule has 0 unspecified atom stereocenters. The molecule has 0 aliphatic heterocycles. The number of carbonyl (C=O) groups is 1. The third-order valence-corrected chi connectivity index (χ3v) is 4.61. The molecule has 4 rings (SSSR count). The van der Waals surface area contributed by atoms with Gasteiger partial charge in [-0.15, -0.1) is 0 Å². The summed E-state index contributed by atoms with van der Waals surface area (Å²) in [6, 6.07) is 22.7. The van der Waals surface area contributed by atoms with E-state index in [0.29, 0.717) is 29.3 Å². The van der Waals surface area contributed by atoms with Crippen LogP contribution in [-0.2, 0) is 6.42 Å². The summed E-state index contributed by atoms with van der Waals surface area (Å²) in [4.78, 5) is 26.0. The van der Waals surface area contributed by atoms with E-state index in [1.807, 2.05) is 66.7 Å². The van der Waals surface area contributed by atoms with Crippen molar-refractivity contribution >= 4 is 23.1 Å². The van der Waals surface area contributed by atoms with E-state index in [-0.39, 0.29) is 5.78 Å². The van der Waals surface area contributed by atoms with E-state index in [0.717, 1.165) is 29.8 Å². The van der Waals surface area contributed by atoms with Crippen molar-refractivity contribution < 1.29 is 4.79 Å². The number of aromatic nitrogens is 1. The maximum absolute atomic E-state index is 12.1. The van der Waals surface area contributed by atoms with Gasteiger partial charge in [-0.2, -0.15) is 0 Å². The molecule has 0 saturated carbocycles. The topological polar surface area (TPSA) is 80.7 Å². The standard InChI is InChI=1S/C23H20N4O/c24-22(16-8-3-1-4-9-16)27-23(25-17-10-5-2-6-11-17)20-15-14-18-19(26-20)12-7-13-21(18)28/h1-6,8-11,14-15H,7,12-13H2,(H2,24,25,27). The third kappa shape index (κ3) is 3.88. The Kier molecular flexibility index (Phi) is 5.06. The van der Waals surface area contributed by atoms with Crippen LogP contribution in [-0.4, -0.2) is 22.4 Å². The maximum Gasteiger partial charge on any atom is 0.180 e. The number of benzene rings is 2. The zero-order valence-electron chi connectivity index (χ0n) is 15.4. The summed E-state index contributed by atoms with van der Waals surface area (Å²) < 4.78 is 0. The summed E-state index contributed by atoms with van der Waals surface area (Å²) in [5.41, 5.74) is 9.93. The predicted molar refractivity (Wildman–Crippen MR) is 111 cm³/mol. The molecule has 0 fully saturated rings. The Hall–Kier alpha value is -3.60. The van der Waals surface area contributed by atoms with Crippen molar-refractivity contribution in [1.82, 2.24) is 4.98 Å². The largest absolute Gasteiger partial charge is 0.383 e. The van der Waals surface area contributed by atoms with Gasteiger partial charge >= 0.3 is 0 Å². The second kappa shape index (κ2) is 7.96. The van der Waals surface area contributed by atoms with Crippen LogP contribution in [0.15, 0.2) is 82.8 Å². The average Bonchev–Trinajstić information content (AvgIpc) is 2.74. The van der Waals surface area contributed by atoms with Crippen molar-refractivity contribution in [3.8, 4) is 0 Å². The number of nitrogens with zero attached hydrogens (tertiary/aromatic N) is 3. The van der Waals surface area contributed by atoms with Crippen LogP contribution in [0.4, 0.5) is 5.69 Å². The summed E-state index contributed by atoms with van der Waals surface area (Å²) in [7, 11) is 0. The molecule has 0 saturated heterocycles. The van der Waals surface area contributed by atoms with Crippen molar-refractivity contribution in [2.75, 3.05) is 0 Å². The van der Waals surface area contributed by atoms with Gasteiger partial charge in [-0.25, -0.2) is 15.0 Å². The quantitative estimate of drug-likeness (QED) is 0.558. The number of rotatable bonds is 3. The minimum Gasteiger partial charge on any atom is -0.383 e. The molecule has 0 atom stereocenters. The number of pyridine rings is 1. The van der Waals surface area contributed by atoms with Gasteiger partial charge in [-0.05, 0) is 37.1 Å². The lowest BCUT2D eigenvalue weighted by Crippen LogP contribution is -2.18. The van der Waals surface area contributed by atoms with Crippen LogP contribution in [0.5, 0.6) is 0 Å². The third-order valence-electron chi connectivity index (χ3n) is 4.61. The lowest BCUT2D eigenvalue weighted by molar-refractivity contribution is 0.0971. The monoisotopic (exact) mass is 368 g/mol. The number of para-hydroxylation sites is 1. The summed E-state index contributed by atoms with van der Waals surface area (Å²) in [6.07, 6.45) is 2.19. The summed E-state index contributed by atoms with van der Waals surface area (Å²) in [6.45, 7) is 0. The van der Waals surface area contributed by atoms with Crippen molar-refractivity contribution in [3.63, 3.8) is 0 Å². The highest BCUT2D eigenvalue weighted by Crippen LogP contribution is 2.21. The molecule has 0 radical (unpaired) electrons. The number of hydrogen-bond donors (Lipinski definition) is 1. The molecule has 0 spiro atoms. The lowest BCUT2D eigenvalue weighted by atomic mass is 9.94. The van der Waals surface area contributed by atoms with Crippen LogP contribution in [0.2, 0.25) is 0 Å². The number of carbonyl (C=O) groups excluding carboxylic acids is 1. The fraction of sp³-hybridized carbons (Fsp3) is 0.130. The molecule has 5 nitrogen and oxygen atoms in total. The van der Waals surface area contributed by atoms with Gasteiger partial charge in [0, 0.05) is 17.5 Å². The van der Waals surface area contributed by atoms with Crippen molar-refractivity contribution in [2.24, 2.45) is 15.7 Å². The number of nitrogens with two attached hydrogens (primary N) is 1. The molecule has 1 aliphatic carbocycles. The Morgan fingerprint density at radius 2 is 1.61 bits per heavy atom. The molecule has 1 aliphatic rings. The fourth-order valence-corrected chi connectivity index (χ4v) is 3.17. The van der Waals surface area contributed by atoms with Crippen LogP contribution >= 0.6 is 0 Å². The number of fused-ring (bicyclic) bond motifs is 1. The van der Waals surface area contributed by atoms with E-state index in [1.54, 1.807) is 6.07 Å². The first-order valence-corrected chi connectivity index (χ1v) is 9.27. The molecule has 28 heavy (non-hydrogen) atoms. The molecule has 0 bridgehead atoms. The molecule has 2 N–H and O–H groups in total. The molecule has 5 heteroatoms. The minimum atomic E-state index is 0.147. The maximum atomic E-state index is 12.1. The van der Waals surface area contributed by atoms with Gasteiger partial charge in [0.2, 0.25) is 0 Å². The van der Waals surface area contributed by atoms with Gasteiger partial charge in [-0.3, -0.25) is 4.79 Å². The number of Topliss-reactive ketones (excluding diaryl/α,β-unsaturated/α-hetero) is 1. The van der Waals surface area contributed by atoms with E-state index < -0.39 is 0 Å². The number of amidine groups is 2. The van der Waals surface area contributed by atoms with Gasteiger partial charge in [-0.1, -0.05) is 48.5 Å².